The molecule has 9 nitrogen and oxygen atoms in total. The third-order valence-corrected chi connectivity index (χ3v) is 3.69. The van der Waals surface area contributed by atoms with Crippen molar-refractivity contribution in [2.45, 2.75) is 6.92 Å². The molecule has 0 fully saturated rings. The molecule has 0 saturated carbocycles. The van der Waals surface area contributed by atoms with E-state index in [1.807, 2.05) is 18.3 Å². The van der Waals surface area contributed by atoms with Gasteiger partial charge in [0, 0.05) is 12.3 Å². The van der Waals surface area contributed by atoms with Gasteiger partial charge in [0.25, 0.3) is 0 Å². The van der Waals surface area contributed by atoms with E-state index >= 15 is 0 Å². The smallest absolute Gasteiger partial charge is 0.338 e. The summed E-state index contributed by atoms with van der Waals surface area (Å²) < 4.78 is 12.5. The molecule has 0 radical (unpaired) electrons. The van der Waals surface area contributed by atoms with Gasteiger partial charge in [0.2, 0.25) is 11.8 Å². The van der Waals surface area contributed by atoms with Gasteiger partial charge in [0.15, 0.2) is 5.82 Å². The number of nitrogens with one attached hydrogen (secondary N) is 2. The van der Waals surface area contributed by atoms with Crippen LogP contribution in [0.1, 0.15) is 17.3 Å². The minimum atomic E-state index is -0.394. The molecule has 136 valence electrons. The molecule has 0 atom stereocenters. The number of benzene rings is 1. The summed E-state index contributed by atoms with van der Waals surface area (Å²) in [5.74, 6) is 1.61. The average Bonchev–Trinajstić information content (AvgIpc) is 3.32. The predicted molar refractivity (Wildman–Crippen MR) is 97.3 cm³/mol. The number of aromatic amines is 1. The van der Waals surface area contributed by atoms with Gasteiger partial charge in [-0.25, -0.2) is 19.9 Å². The number of fused-ring (bicyclic) bond motifs is 1. The van der Waals surface area contributed by atoms with Crippen molar-refractivity contribution in [1.29, 1.82) is 0 Å². The van der Waals surface area contributed by atoms with Gasteiger partial charge in [-0.2, -0.15) is 5.10 Å². The first-order valence-corrected chi connectivity index (χ1v) is 8.28. The Kier molecular flexibility index (Phi) is 4.40. The number of rotatable bonds is 6. The summed E-state index contributed by atoms with van der Waals surface area (Å²) in [6.45, 7) is 2.08. The highest BCUT2D eigenvalue weighted by atomic mass is 16.5. The molecule has 4 rings (SSSR count). The maximum Gasteiger partial charge on any atom is 0.338 e. The van der Waals surface area contributed by atoms with E-state index in [0.717, 1.165) is 5.65 Å². The molecule has 3 heterocycles. The molecule has 0 aliphatic heterocycles. The molecule has 0 bridgehead atoms. The van der Waals surface area contributed by atoms with Crippen LogP contribution in [-0.4, -0.2) is 37.1 Å². The maximum absolute atomic E-state index is 11.8. The Bertz CT molecular complexity index is 1090. The topological polar surface area (TPSA) is 106 Å². The Morgan fingerprint density at radius 1 is 1.22 bits per heavy atom. The van der Waals surface area contributed by atoms with Crippen molar-refractivity contribution in [3.05, 3.63) is 60.6 Å². The predicted octanol–water partition coefficient (Wildman–Crippen LogP) is 3.17. The molecule has 0 saturated heterocycles. The molecule has 2 N–H and O–H groups in total. The molecule has 0 spiro atoms. The van der Waals surface area contributed by atoms with Crippen molar-refractivity contribution in [1.82, 2.24) is 24.6 Å². The minimum absolute atomic E-state index is 0.317. The zero-order valence-electron chi connectivity index (χ0n) is 14.4. The fourth-order valence-corrected chi connectivity index (χ4v) is 2.52. The summed E-state index contributed by atoms with van der Waals surface area (Å²) in [7, 11) is 0. The summed E-state index contributed by atoms with van der Waals surface area (Å²) >= 11 is 0. The first-order chi connectivity index (χ1) is 13.2. The summed E-state index contributed by atoms with van der Waals surface area (Å²) in [5.41, 5.74) is 1.19. The molecule has 0 amide bonds. The number of anilines is 2. The van der Waals surface area contributed by atoms with Gasteiger partial charge < -0.3 is 14.8 Å². The highest BCUT2D eigenvalue weighted by Crippen LogP contribution is 2.24. The minimum Gasteiger partial charge on any atom is -0.462 e. The number of aromatic nitrogens is 5. The zero-order valence-corrected chi connectivity index (χ0v) is 14.4. The van der Waals surface area contributed by atoms with Crippen molar-refractivity contribution < 1.29 is 14.3 Å². The van der Waals surface area contributed by atoms with Crippen molar-refractivity contribution >= 4 is 23.4 Å². The van der Waals surface area contributed by atoms with Crippen LogP contribution in [0.4, 0.5) is 11.8 Å². The standard InChI is InChI=1S/C18H16N6O3/c1-2-26-17(25)12-5-3-6-13(9-12)27-16-10-14(22-23-16)21-18-20-11-19-15-7-4-8-24(15)18/h3-11H,2H2,1H3,(H2,19,20,21,22,23). The fourth-order valence-electron chi connectivity index (χ4n) is 2.52. The van der Waals surface area contributed by atoms with Crippen molar-refractivity contribution in [2.24, 2.45) is 0 Å². The quantitative estimate of drug-likeness (QED) is 0.506. The second kappa shape index (κ2) is 7.16. The van der Waals surface area contributed by atoms with Crippen LogP contribution in [0.5, 0.6) is 11.6 Å². The van der Waals surface area contributed by atoms with Crippen LogP contribution in [0.2, 0.25) is 0 Å². The van der Waals surface area contributed by atoms with Crippen LogP contribution in [0.15, 0.2) is 55.0 Å². The second-order valence-corrected chi connectivity index (χ2v) is 5.53. The van der Waals surface area contributed by atoms with E-state index in [9.17, 15) is 4.79 Å². The van der Waals surface area contributed by atoms with Gasteiger partial charge in [0.1, 0.15) is 17.7 Å². The van der Waals surface area contributed by atoms with E-state index in [0.29, 0.717) is 35.6 Å². The van der Waals surface area contributed by atoms with E-state index in [1.54, 1.807) is 41.7 Å². The zero-order chi connectivity index (χ0) is 18.6. The third kappa shape index (κ3) is 3.56. The molecule has 9 heteroatoms. The van der Waals surface area contributed by atoms with Gasteiger partial charge >= 0.3 is 5.97 Å². The van der Waals surface area contributed by atoms with Crippen LogP contribution in [-0.2, 0) is 4.74 Å². The lowest BCUT2D eigenvalue weighted by atomic mass is 10.2. The lowest BCUT2D eigenvalue weighted by molar-refractivity contribution is 0.0526. The van der Waals surface area contributed by atoms with E-state index in [1.165, 1.54) is 6.33 Å². The Labute approximate surface area is 154 Å². The number of esters is 1. The summed E-state index contributed by atoms with van der Waals surface area (Å²) in [6, 6.07) is 12.2. The van der Waals surface area contributed by atoms with E-state index < -0.39 is 5.97 Å². The number of hydrogen-bond acceptors (Lipinski definition) is 7. The van der Waals surface area contributed by atoms with Crippen molar-refractivity contribution in [2.75, 3.05) is 11.9 Å². The van der Waals surface area contributed by atoms with E-state index in [2.05, 4.69) is 25.5 Å². The largest absolute Gasteiger partial charge is 0.462 e. The molecular weight excluding hydrogens is 348 g/mol. The van der Waals surface area contributed by atoms with Crippen LogP contribution in [0, 0.1) is 0 Å². The molecule has 0 aliphatic rings. The number of carbonyl (C=O) groups is 1. The molecule has 0 unspecified atom stereocenters. The van der Waals surface area contributed by atoms with E-state index in [4.69, 9.17) is 9.47 Å². The first-order valence-electron chi connectivity index (χ1n) is 8.28. The van der Waals surface area contributed by atoms with Gasteiger partial charge in [0.05, 0.1) is 12.2 Å². The Balaban J connectivity index is 1.49. The van der Waals surface area contributed by atoms with Gasteiger partial charge in [-0.3, -0.25) is 4.40 Å². The van der Waals surface area contributed by atoms with Crippen LogP contribution >= 0.6 is 0 Å². The van der Waals surface area contributed by atoms with E-state index in [-0.39, 0.29) is 0 Å². The summed E-state index contributed by atoms with van der Waals surface area (Å²) in [6.07, 6.45) is 3.32. The van der Waals surface area contributed by atoms with Crippen LogP contribution in [0.25, 0.3) is 5.65 Å². The molecular formula is C18H16N6O3. The average molecular weight is 364 g/mol. The SMILES string of the molecule is CCOC(=O)c1cccc(Oc2cc(Nc3ncnc4cccn34)n[nH]2)c1. The van der Waals surface area contributed by atoms with Crippen molar-refractivity contribution in [3.8, 4) is 11.6 Å². The highest BCUT2D eigenvalue weighted by Gasteiger charge is 2.10. The summed E-state index contributed by atoms with van der Waals surface area (Å²) in [5, 5.41) is 10.0. The number of hydrogen-bond donors (Lipinski definition) is 2. The normalized spacial score (nSPS) is 10.7. The Hall–Kier alpha value is -3.88. The van der Waals surface area contributed by atoms with Crippen molar-refractivity contribution in [3.63, 3.8) is 0 Å². The van der Waals surface area contributed by atoms with Gasteiger partial charge in [-0.15, -0.1) is 0 Å². The second-order valence-electron chi connectivity index (χ2n) is 5.53. The lowest BCUT2D eigenvalue weighted by Gasteiger charge is -2.05. The van der Waals surface area contributed by atoms with Gasteiger partial charge in [-0.1, -0.05) is 6.07 Å². The number of H-pyrrole nitrogens is 1. The molecule has 4 aromatic rings. The maximum atomic E-state index is 11.8. The third-order valence-electron chi connectivity index (χ3n) is 3.69. The number of carbonyl (C=O) groups excluding carboxylic acids is 1. The molecule has 1 aromatic carbocycles. The summed E-state index contributed by atoms with van der Waals surface area (Å²) in [4.78, 5) is 20.2. The first kappa shape index (κ1) is 16.6. The monoisotopic (exact) mass is 364 g/mol. The molecule has 27 heavy (non-hydrogen) atoms. The van der Waals surface area contributed by atoms with Gasteiger partial charge in [-0.05, 0) is 37.3 Å². The Morgan fingerprint density at radius 2 is 2.15 bits per heavy atom. The lowest BCUT2D eigenvalue weighted by Crippen LogP contribution is -2.04. The van der Waals surface area contributed by atoms with Crippen LogP contribution in [0.3, 0.4) is 0 Å². The molecule has 3 aromatic heterocycles. The fraction of sp³-hybridized carbons (Fsp3) is 0.111. The number of ether oxygens (including phenoxy) is 2. The molecule has 0 aliphatic carbocycles. The van der Waals surface area contributed by atoms with Crippen LogP contribution < -0.4 is 10.1 Å². The highest BCUT2D eigenvalue weighted by molar-refractivity contribution is 5.89. The Morgan fingerprint density at radius 3 is 3.04 bits per heavy atom. The number of nitrogens with zero attached hydrogens (tertiary/aromatic N) is 4.